The molecule has 2 aromatic rings. The molecule has 0 bridgehead atoms. The first-order valence-corrected chi connectivity index (χ1v) is 8.02. The van der Waals surface area contributed by atoms with Crippen LogP contribution in [0.25, 0.3) is 0 Å². The lowest BCUT2D eigenvalue weighted by Crippen LogP contribution is -2.30. The van der Waals surface area contributed by atoms with E-state index >= 15 is 0 Å². The van der Waals surface area contributed by atoms with Crippen LogP contribution in [-0.2, 0) is 11.2 Å². The van der Waals surface area contributed by atoms with Crippen LogP contribution in [0.15, 0.2) is 42.5 Å². The van der Waals surface area contributed by atoms with Crippen LogP contribution in [0.2, 0.25) is 5.02 Å². The van der Waals surface area contributed by atoms with E-state index in [1.165, 1.54) is 0 Å². The van der Waals surface area contributed by atoms with Crippen molar-refractivity contribution in [1.82, 2.24) is 5.32 Å². The number of nitrogens with zero attached hydrogens (tertiary/aromatic N) is 1. The molecule has 1 aliphatic heterocycles. The van der Waals surface area contributed by atoms with Crippen LogP contribution in [0.4, 0.5) is 16.2 Å². The highest BCUT2D eigenvalue weighted by Gasteiger charge is 2.26. The fraction of sp³-hybridized carbons (Fsp3) is 0.278. The van der Waals surface area contributed by atoms with Crippen molar-refractivity contribution in [3.8, 4) is 0 Å². The number of rotatable bonds is 2. The molecule has 0 aliphatic carbocycles. The van der Waals surface area contributed by atoms with E-state index in [1.54, 1.807) is 6.92 Å². The largest absolute Gasteiger partial charge is 0.450 e. The maximum atomic E-state index is 11.9. The lowest BCUT2D eigenvalue weighted by atomic mass is 9.99. The number of para-hydroxylation sites is 1. The molecule has 0 saturated carbocycles. The first-order valence-electron chi connectivity index (χ1n) is 7.64. The highest BCUT2D eigenvalue weighted by atomic mass is 35.5. The zero-order valence-corrected chi connectivity index (χ0v) is 13.9. The average Bonchev–Trinajstić information content (AvgIpc) is 2.64. The van der Waals surface area contributed by atoms with E-state index in [9.17, 15) is 4.79 Å². The fourth-order valence-electron chi connectivity index (χ4n) is 3.04. The third-order valence-electron chi connectivity index (χ3n) is 4.07. The van der Waals surface area contributed by atoms with Crippen molar-refractivity contribution in [1.29, 1.82) is 0 Å². The zero-order valence-electron chi connectivity index (χ0n) is 13.2. The van der Waals surface area contributed by atoms with Gasteiger partial charge in [-0.1, -0.05) is 29.8 Å². The first kappa shape index (κ1) is 15.7. The summed E-state index contributed by atoms with van der Waals surface area (Å²) in [6.07, 6.45) is 0.260. The van der Waals surface area contributed by atoms with Crippen LogP contribution in [0.5, 0.6) is 0 Å². The Kier molecular flexibility index (Phi) is 4.44. The molecule has 1 unspecified atom stereocenters. The van der Waals surface area contributed by atoms with Gasteiger partial charge in [-0.25, -0.2) is 4.79 Å². The molecule has 1 N–H and O–H groups in total. The Hall–Kier alpha value is -2.20. The average molecular weight is 331 g/mol. The van der Waals surface area contributed by atoms with E-state index in [2.05, 4.69) is 16.3 Å². The van der Waals surface area contributed by atoms with Crippen molar-refractivity contribution in [3.05, 3.63) is 58.6 Å². The third kappa shape index (κ3) is 3.13. The maximum absolute atomic E-state index is 11.9. The van der Waals surface area contributed by atoms with Gasteiger partial charge in [-0.05, 0) is 48.7 Å². The molecule has 0 radical (unpaired) electrons. The SMILES string of the molecule is CCOC(=O)NC1Cc2cc(Cl)ccc2N(C)c2ccccc21. The van der Waals surface area contributed by atoms with Crippen molar-refractivity contribution >= 4 is 29.1 Å². The minimum atomic E-state index is -0.402. The van der Waals surface area contributed by atoms with E-state index in [0.717, 1.165) is 22.5 Å². The number of hydrogen-bond acceptors (Lipinski definition) is 3. The molecule has 0 fully saturated rings. The van der Waals surface area contributed by atoms with E-state index in [-0.39, 0.29) is 6.04 Å². The minimum Gasteiger partial charge on any atom is -0.450 e. The molecule has 5 heteroatoms. The van der Waals surface area contributed by atoms with Crippen molar-refractivity contribution in [2.75, 3.05) is 18.6 Å². The first-order chi connectivity index (χ1) is 11.1. The summed E-state index contributed by atoms with van der Waals surface area (Å²) in [6.45, 7) is 2.14. The Morgan fingerprint density at radius 3 is 2.87 bits per heavy atom. The van der Waals surface area contributed by atoms with Crippen LogP contribution in [0, 0.1) is 0 Å². The van der Waals surface area contributed by atoms with E-state index < -0.39 is 6.09 Å². The molecule has 2 aromatic carbocycles. The molecular formula is C18H19ClN2O2. The van der Waals surface area contributed by atoms with Gasteiger partial charge in [0.2, 0.25) is 0 Å². The molecule has 23 heavy (non-hydrogen) atoms. The third-order valence-corrected chi connectivity index (χ3v) is 4.30. The molecule has 0 aromatic heterocycles. The molecule has 1 heterocycles. The van der Waals surface area contributed by atoms with E-state index in [0.29, 0.717) is 18.1 Å². The summed E-state index contributed by atoms with van der Waals surface area (Å²) in [7, 11) is 2.03. The molecule has 1 atom stereocenters. The quantitative estimate of drug-likeness (QED) is 0.884. The van der Waals surface area contributed by atoms with Gasteiger partial charge < -0.3 is 15.0 Å². The van der Waals surface area contributed by atoms with Crippen LogP contribution in [0.1, 0.15) is 24.1 Å². The number of hydrogen-bond donors (Lipinski definition) is 1. The smallest absolute Gasteiger partial charge is 0.407 e. The van der Waals surface area contributed by atoms with Gasteiger partial charge in [0.15, 0.2) is 0 Å². The molecule has 3 rings (SSSR count). The highest BCUT2D eigenvalue weighted by molar-refractivity contribution is 6.30. The van der Waals surface area contributed by atoms with E-state index in [4.69, 9.17) is 16.3 Å². The van der Waals surface area contributed by atoms with Crippen molar-refractivity contribution in [2.45, 2.75) is 19.4 Å². The number of amides is 1. The summed E-state index contributed by atoms with van der Waals surface area (Å²) in [4.78, 5) is 14.1. The Morgan fingerprint density at radius 1 is 1.30 bits per heavy atom. The number of anilines is 2. The number of fused-ring (bicyclic) bond motifs is 2. The number of nitrogens with one attached hydrogen (secondary N) is 1. The Morgan fingerprint density at radius 2 is 2.09 bits per heavy atom. The highest BCUT2D eigenvalue weighted by Crippen LogP contribution is 2.39. The predicted octanol–water partition coefficient (Wildman–Crippen LogP) is 4.45. The molecule has 1 aliphatic rings. The Labute approximate surface area is 141 Å². The number of halogens is 1. The van der Waals surface area contributed by atoms with Crippen LogP contribution in [-0.4, -0.2) is 19.7 Å². The fourth-order valence-corrected chi connectivity index (χ4v) is 3.23. The lowest BCUT2D eigenvalue weighted by Gasteiger charge is -2.23. The molecule has 0 saturated heterocycles. The topological polar surface area (TPSA) is 41.6 Å². The number of carbonyl (C=O) groups is 1. The minimum absolute atomic E-state index is 0.160. The molecule has 4 nitrogen and oxygen atoms in total. The molecule has 0 spiro atoms. The predicted molar refractivity (Wildman–Crippen MR) is 92.6 cm³/mol. The zero-order chi connectivity index (χ0) is 16.4. The van der Waals surface area contributed by atoms with Crippen molar-refractivity contribution < 1.29 is 9.53 Å². The van der Waals surface area contributed by atoms with Gasteiger partial charge in [-0.2, -0.15) is 0 Å². The molecular weight excluding hydrogens is 312 g/mol. The number of ether oxygens (including phenoxy) is 1. The van der Waals surface area contributed by atoms with Gasteiger partial charge in [0.05, 0.1) is 12.6 Å². The van der Waals surface area contributed by atoms with Gasteiger partial charge in [0, 0.05) is 23.4 Å². The van der Waals surface area contributed by atoms with Crippen molar-refractivity contribution in [3.63, 3.8) is 0 Å². The van der Waals surface area contributed by atoms with Crippen LogP contribution < -0.4 is 10.2 Å². The second kappa shape index (κ2) is 6.50. The summed E-state index contributed by atoms with van der Waals surface area (Å²) in [5, 5.41) is 3.66. The molecule has 1 amide bonds. The number of carbonyl (C=O) groups excluding carboxylic acids is 1. The van der Waals surface area contributed by atoms with Crippen molar-refractivity contribution in [2.24, 2.45) is 0 Å². The Bertz CT molecular complexity index is 733. The van der Waals surface area contributed by atoms with Gasteiger partial charge in [-0.3, -0.25) is 0 Å². The molecule has 120 valence electrons. The summed E-state index contributed by atoms with van der Waals surface area (Å²) >= 11 is 6.16. The second-order valence-electron chi connectivity index (χ2n) is 5.51. The second-order valence-corrected chi connectivity index (χ2v) is 5.95. The summed E-state index contributed by atoms with van der Waals surface area (Å²) in [5.74, 6) is 0. The lowest BCUT2D eigenvalue weighted by molar-refractivity contribution is 0.148. The Balaban J connectivity index is 2.06. The van der Waals surface area contributed by atoms with Gasteiger partial charge in [0.1, 0.15) is 0 Å². The van der Waals surface area contributed by atoms with Crippen LogP contribution in [0.3, 0.4) is 0 Å². The monoisotopic (exact) mass is 330 g/mol. The van der Waals surface area contributed by atoms with E-state index in [1.807, 2.05) is 43.4 Å². The number of benzene rings is 2. The summed E-state index contributed by atoms with van der Waals surface area (Å²) in [5.41, 5.74) is 4.32. The van der Waals surface area contributed by atoms with Gasteiger partial charge in [0.25, 0.3) is 0 Å². The summed E-state index contributed by atoms with van der Waals surface area (Å²) < 4.78 is 5.05. The maximum Gasteiger partial charge on any atom is 0.407 e. The normalized spacial score (nSPS) is 16.1. The van der Waals surface area contributed by atoms with Gasteiger partial charge >= 0.3 is 6.09 Å². The van der Waals surface area contributed by atoms with Crippen LogP contribution >= 0.6 is 11.6 Å². The summed E-state index contributed by atoms with van der Waals surface area (Å²) in [6, 6.07) is 13.8. The number of alkyl carbamates (subject to hydrolysis) is 1. The standard InChI is InChI=1S/C18H19ClN2O2/c1-3-23-18(22)20-15-11-12-10-13(19)8-9-16(12)21(2)17-7-5-4-6-14(15)17/h4-10,15H,3,11H2,1-2H3,(H,20,22). The van der Waals surface area contributed by atoms with Gasteiger partial charge in [-0.15, -0.1) is 0 Å².